The van der Waals surface area contributed by atoms with Crippen LogP contribution in [0.5, 0.6) is 5.75 Å². The van der Waals surface area contributed by atoms with Crippen LogP contribution in [0.3, 0.4) is 0 Å². The van der Waals surface area contributed by atoms with Crippen LogP contribution in [0, 0.1) is 34.6 Å². The minimum atomic E-state index is -0.311. The molecule has 1 amide bonds. The van der Waals surface area contributed by atoms with Crippen LogP contribution in [0.4, 0.5) is 5.69 Å². The molecular formula is C22H24N2O3. The quantitative estimate of drug-likeness (QED) is 0.688. The molecule has 0 unspecified atom stereocenters. The predicted octanol–water partition coefficient (Wildman–Crippen LogP) is 5.05. The lowest BCUT2D eigenvalue weighted by Crippen LogP contribution is -2.15. The van der Waals surface area contributed by atoms with Gasteiger partial charge in [-0.2, -0.15) is 0 Å². The van der Waals surface area contributed by atoms with Gasteiger partial charge < -0.3 is 14.6 Å². The molecule has 2 aromatic carbocycles. The number of aryl methyl sites for hydroxylation is 5. The van der Waals surface area contributed by atoms with Crippen molar-refractivity contribution in [3.63, 3.8) is 0 Å². The number of ether oxygens (including phenoxy) is 1. The number of carbonyl (C=O) groups is 1. The summed E-state index contributed by atoms with van der Waals surface area (Å²) in [6, 6.07) is 11.8. The summed E-state index contributed by atoms with van der Waals surface area (Å²) in [6.45, 7) is 10.1. The first-order valence-corrected chi connectivity index (χ1v) is 8.89. The summed E-state index contributed by atoms with van der Waals surface area (Å²) in [7, 11) is 0. The Bertz CT molecular complexity index is 989. The van der Waals surface area contributed by atoms with Crippen LogP contribution in [0.2, 0.25) is 0 Å². The summed E-state index contributed by atoms with van der Waals surface area (Å²) >= 11 is 0. The summed E-state index contributed by atoms with van der Waals surface area (Å²) in [6.07, 6.45) is 0. The van der Waals surface area contributed by atoms with E-state index in [1.54, 1.807) is 6.92 Å². The fraction of sp³-hybridized carbons (Fsp3) is 0.273. The van der Waals surface area contributed by atoms with Crippen molar-refractivity contribution in [2.24, 2.45) is 0 Å². The lowest BCUT2D eigenvalue weighted by Gasteiger charge is -2.10. The Hall–Kier alpha value is -3.08. The first kappa shape index (κ1) is 18.7. The second-order valence-electron chi connectivity index (χ2n) is 6.88. The Labute approximate surface area is 159 Å². The number of benzene rings is 2. The highest BCUT2D eigenvalue weighted by atomic mass is 16.5. The van der Waals surface area contributed by atoms with Crippen LogP contribution in [-0.4, -0.2) is 11.1 Å². The van der Waals surface area contributed by atoms with Gasteiger partial charge in [0.1, 0.15) is 18.1 Å². The van der Waals surface area contributed by atoms with E-state index < -0.39 is 0 Å². The van der Waals surface area contributed by atoms with E-state index >= 15 is 0 Å². The van der Waals surface area contributed by atoms with Crippen LogP contribution in [0.25, 0.3) is 0 Å². The Morgan fingerprint density at radius 3 is 2.48 bits per heavy atom. The third-order valence-corrected chi connectivity index (χ3v) is 4.67. The summed E-state index contributed by atoms with van der Waals surface area (Å²) in [5.41, 5.74) is 6.13. The van der Waals surface area contributed by atoms with Crippen molar-refractivity contribution in [1.82, 2.24) is 5.16 Å². The minimum absolute atomic E-state index is 0.217. The van der Waals surface area contributed by atoms with Crippen LogP contribution < -0.4 is 10.1 Å². The average Bonchev–Trinajstić information content (AvgIpc) is 2.98. The zero-order valence-corrected chi connectivity index (χ0v) is 16.3. The molecule has 0 aliphatic carbocycles. The highest BCUT2D eigenvalue weighted by Gasteiger charge is 2.21. The Morgan fingerprint density at radius 2 is 1.78 bits per heavy atom. The second-order valence-corrected chi connectivity index (χ2v) is 6.88. The molecule has 3 aromatic rings. The molecule has 0 bridgehead atoms. The van der Waals surface area contributed by atoms with Gasteiger partial charge in [0.15, 0.2) is 5.69 Å². The lowest BCUT2D eigenvalue weighted by molar-refractivity contribution is 0.101. The SMILES string of the molecule is Cc1ccc(OCc2c(C(=O)Nc3ccc(C)c(C)c3)noc2C)c(C)c1. The van der Waals surface area contributed by atoms with E-state index in [1.807, 2.05) is 58.0 Å². The average molecular weight is 364 g/mol. The van der Waals surface area contributed by atoms with E-state index in [1.165, 1.54) is 11.1 Å². The maximum absolute atomic E-state index is 12.7. The Balaban J connectivity index is 1.77. The molecule has 3 rings (SSSR count). The van der Waals surface area contributed by atoms with Crippen LogP contribution in [0.1, 0.15) is 44.1 Å². The Morgan fingerprint density at radius 1 is 1.00 bits per heavy atom. The molecule has 0 fully saturated rings. The maximum Gasteiger partial charge on any atom is 0.278 e. The number of nitrogens with zero attached hydrogens (tertiary/aromatic N) is 1. The zero-order chi connectivity index (χ0) is 19.6. The van der Waals surface area contributed by atoms with Crippen molar-refractivity contribution in [2.45, 2.75) is 41.2 Å². The third-order valence-electron chi connectivity index (χ3n) is 4.67. The first-order chi connectivity index (χ1) is 12.8. The van der Waals surface area contributed by atoms with Gasteiger partial charge >= 0.3 is 0 Å². The maximum atomic E-state index is 12.7. The van der Waals surface area contributed by atoms with Crippen LogP contribution >= 0.6 is 0 Å². The topological polar surface area (TPSA) is 64.4 Å². The van der Waals surface area contributed by atoms with Crippen LogP contribution in [0.15, 0.2) is 40.9 Å². The van der Waals surface area contributed by atoms with Crippen LogP contribution in [-0.2, 0) is 6.61 Å². The number of hydrogen-bond donors (Lipinski definition) is 1. The molecule has 0 saturated carbocycles. The van der Waals surface area contributed by atoms with Gasteiger partial charge in [-0.05, 0) is 69.5 Å². The smallest absolute Gasteiger partial charge is 0.278 e. The highest BCUT2D eigenvalue weighted by molar-refractivity contribution is 6.03. The van der Waals surface area contributed by atoms with Crippen molar-refractivity contribution >= 4 is 11.6 Å². The first-order valence-electron chi connectivity index (χ1n) is 8.89. The number of nitrogens with one attached hydrogen (secondary N) is 1. The van der Waals surface area contributed by atoms with E-state index in [9.17, 15) is 4.79 Å². The fourth-order valence-corrected chi connectivity index (χ4v) is 2.86. The van der Waals surface area contributed by atoms with E-state index in [0.29, 0.717) is 11.3 Å². The number of amides is 1. The monoisotopic (exact) mass is 364 g/mol. The van der Waals surface area contributed by atoms with E-state index in [0.717, 1.165) is 22.6 Å². The van der Waals surface area contributed by atoms with Crippen molar-refractivity contribution in [3.8, 4) is 5.75 Å². The predicted molar refractivity (Wildman–Crippen MR) is 105 cm³/mol. The van der Waals surface area contributed by atoms with Crippen molar-refractivity contribution in [2.75, 3.05) is 5.32 Å². The van der Waals surface area contributed by atoms with Gasteiger partial charge in [-0.25, -0.2) is 0 Å². The number of anilines is 1. The number of hydrogen-bond acceptors (Lipinski definition) is 4. The minimum Gasteiger partial charge on any atom is -0.488 e. The second kappa shape index (κ2) is 7.66. The molecule has 5 heteroatoms. The van der Waals surface area contributed by atoms with Gasteiger partial charge in [-0.15, -0.1) is 0 Å². The lowest BCUT2D eigenvalue weighted by atomic mass is 10.1. The van der Waals surface area contributed by atoms with Gasteiger partial charge in [0.25, 0.3) is 5.91 Å². The molecule has 1 heterocycles. The van der Waals surface area contributed by atoms with Crippen molar-refractivity contribution in [3.05, 3.63) is 75.7 Å². The molecule has 0 saturated heterocycles. The molecule has 0 aliphatic rings. The number of carbonyl (C=O) groups excluding carboxylic acids is 1. The molecule has 0 aliphatic heterocycles. The fourth-order valence-electron chi connectivity index (χ4n) is 2.86. The zero-order valence-electron chi connectivity index (χ0n) is 16.3. The standard InChI is InChI=1S/C22H24N2O3/c1-13-6-9-20(16(4)10-13)26-12-19-17(5)27-24-21(19)22(25)23-18-8-7-14(2)15(3)11-18/h6-11H,12H2,1-5H3,(H,23,25). The molecule has 27 heavy (non-hydrogen) atoms. The van der Waals surface area contributed by atoms with Gasteiger partial charge in [-0.1, -0.05) is 28.9 Å². The van der Waals surface area contributed by atoms with Gasteiger partial charge in [-0.3, -0.25) is 4.79 Å². The largest absolute Gasteiger partial charge is 0.488 e. The van der Waals surface area contributed by atoms with Gasteiger partial charge in [0.05, 0.1) is 5.56 Å². The molecule has 0 spiro atoms. The van der Waals surface area contributed by atoms with E-state index in [2.05, 4.69) is 16.5 Å². The summed E-state index contributed by atoms with van der Waals surface area (Å²) < 4.78 is 11.2. The van der Waals surface area contributed by atoms with E-state index in [-0.39, 0.29) is 18.2 Å². The molecule has 0 radical (unpaired) electrons. The molecule has 1 N–H and O–H groups in total. The molecule has 5 nitrogen and oxygen atoms in total. The summed E-state index contributed by atoms with van der Waals surface area (Å²) in [5, 5.41) is 6.81. The molecular weight excluding hydrogens is 340 g/mol. The van der Waals surface area contributed by atoms with E-state index in [4.69, 9.17) is 9.26 Å². The van der Waals surface area contributed by atoms with Gasteiger partial charge in [0, 0.05) is 5.69 Å². The molecule has 0 atom stereocenters. The van der Waals surface area contributed by atoms with Crippen molar-refractivity contribution in [1.29, 1.82) is 0 Å². The summed E-state index contributed by atoms with van der Waals surface area (Å²) in [5.74, 6) is 1.04. The van der Waals surface area contributed by atoms with Crippen molar-refractivity contribution < 1.29 is 14.1 Å². The summed E-state index contributed by atoms with van der Waals surface area (Å²) in [4.78, 5) is 12.7. The number of rotatable bonds is 5. The van der Waals surface area contributed by atoms with Gasteiger partial charge in [0.2, 0.25) is 0 Å². The number of aromatic nitrogens is 1. The molecule has 140 valence electrons. The molecule has 1 aromatic heterocycles. The normalized spacial score (nSPS) is 10.7. The third kappa shape index (κ3) is 4.19. The Kier molecular flexibility index (Phi) is 5.31. The highest BCUT2D eigenvalue weighted by Crippen LogP contribution is 2.23.